The van der Waals surface area contributed by atoms with E-state index in [0.717, 1.165) is 30.5 Å². The Hall–Kier alpha value is -1.81. The third-order valence-corrected chi connectivity index (χ3v) is 8.39. The van der Waals surface area contributed by atoms with Gasteiger partial charge in [0, 0.05) is 43.5 Å². The van der Waals surface area contributed by atoms with Crippen molar-refractivity contribution < 1.29 is 14.3 Å². The molecule has 31 heavy (non-hydrogen) atoms. The summed E-state index contributed by atoms with van der Waals surface area (Å²) < 4.78 is 5.39. The number of amides is 2. The average Bonchev–Trinajstić information content (AvgIpc) is 3.59. The molecule has 2 aromatic rings. The molecule has 0 radical (unpaired) electrons. The molecule has 3 fully saturated rings. The van der Waals surface area contributed by atoms with E-state index in [1.165, 1.54) is 0 Å². The molecule has 166 valence electrons. The zero-order chi connectivity index (χ0) is 21.3. The van der Waals surface area contributed by atoms with Crippen molar-refractivity contribution >= 4 is 34.5 Å². The number of hydrogen-bond acceptors (Lipinski definition) is 7. The van der Waals surface area contributed by atoms with Crippen molar-refractivity contribution in [2.45, 2.75) is 44.3 Å². The van der Waals surface area contributed by atoms with Crippen molar-refractivity contribution in [1.29, 1.82) is 0 Å². The highest BCUT2D eigenvalue weighted by atomic mass is 32.1. The van der Waals surface area contributed by atoms with Crippen molar-refractivity contribution in [1.82, 2.24) is 20.1 Å². The number of fused-ring (bicyclic) bond motifs is 2. The minimum atomic E-state index is -0.529. The Kier molecular flexibility index (Phi) is 6.10. The first-order chi connectivity index (χ1) is 15.2. The average molecular weight is 461 g/mol. The number of rotatable bonds is 7. The molecule has 0 unspecified atom stereocenters. The predicted octanol–water partition coefficient (Wildman–Crippen LogP) is 2.15. The summed E-state index contributed by atoms with van der Waals surface area (Å²) in [6.45, 7) is 3.48. The Morgan fingerprint density at radius 2 is 2.10 bits per heavy atom. The van der Waals surface area contributed by atoms with Crippen LogP contribution in [0.2, 0.25) is 0 Å². The number of hydrogen-bond donors (Lipinski definition) is 1. The van der Waals surface area contributed by atoms with Crippen molar-refractivity contribution in [2.24, 2.45) is 5.41 Å². The first kappa shape index (κ1) is 21.1. The second-order valence-corrected chi connectivity index (χ2v) is 10.2. The minimum absolute atomic E-state index is 0.0756. The van der Waals surface area contributed by atoms with E-state index in [0.29, 0.717) is 45.8 Å². The van der Waals surface area contributed by atoms with Crippen molar-refractivity contribution in [3.8, 4) is 0 Å². The summed E-state index contributed by atoms with van der Waals surface area (Å²) in [6, 6.07) is 2.40. The zero-order valence-electron chi connectivity index (χ0n) is 17.5. The van der Waals surface area contributed by atoms with Gasteiger partial charge in [0.15, 0.2) is 0 Å². The summed E-state index contributed by atoms with van der Waals surface area (Å²) in [5.74, 6) is 0.256. The lowest BCUT2D eigenvalue weighted by atomic mass is 9.70. The van der Waals surface area contributed by atoms with Gasteiger partial charge in [0.25, 0.3) is 0 Å². The molecule has 1 N–H and O–H groups in total. The van der Waals surface area contributed by atoms with E-state index in [-0.39, 0.29) is 23.9 Å². The maximum Gasteiger partial charge on any atom is 0.236 e. The molecule has 5 heterocycles. The number of ether oxygens (including phenoxy) is 1. The van der Waals surface area contributed by atoms with Gasteiger partial charge < -0.3 is 15.0 Å². The highest BCUT2D eigenvalue weighted by Crippen LogP contribution is 2.51. The van der Waals surface area contributed by atoms with Gasteiger partial charge in [-0.3, -0.25) is 14.5 Å². The minimum Gasteiger partial charge on any atom is -0.378 e. The van der Waals surface area contributed by atoms with Crippen molar-refractivity contribution in [2.75, 3.05) is 32.8 Å². The number of thiazole rings is 1. The number of nitrogens with zero attached hydrogens (tertiary/aromatic N) is 3. The quantitative estimate of drug-likeness (QED) is 0.685. The molecule has 3 atom stereocenters. The second-order valence-electron chi connectivity index (χ2n) is 8.74. The largest absolute Gasteiger partial charge is 0.378 e. The summed E-state index contributed by atoms with van der Waals surface area (Å²) in [6.07, 6.45) is 3.44. The van der Waals surface area contributed by atoms with E-state index in [2.05, 4.69) is 20.6 Å². The molecule has 5 rings (SSSR count). The van der Waals surface area contributed by atoms with Gasteiger partial charge in [0.05, 0.1) is 36.4 Å². The summed E-state index contributed by atoms with van der Waals surface area (Å²) in [5.41, 5.74) is 3.41. The van der Waals surface area contributed by atoms with Gasteiger partial charge in [-0.2, -0.15) is 11.3 Å². The van der Waals surface area contributed by atoms with Gasteiger partial charge in [0.1, 0.15) is 0 Å². The molecule has 3 saturated heterocycles. The van der Waals surface area contributed by atoms with E-state index in [1.54, 1.807) is 22.7 Å². The van der Waals surface area contributed by atoms with Gasteiger partial charge in [0.2, 0.25) is 11.8 Å². The van der Waals surface area contributed by atoms with E-state index in [1.807, 2.05) is 27.2 Å². The maximum atomic E-state index is 13.6. The van der Waals surface area contributed by atoms with Gasteiger partial charge in [-0.25, -0.2) is 4.98 Å². The summed E-state index contributed by atoms with van der Waals surface area (Å²) in [7, 11) is 0. The molecule has 0 aromatic carbocycles. The molecule has 0 spiro atoms. The summed E-state index contributed by atoms with van der Waals surface area (Å²) >= 11 is 3.21. The molecule has 2 aromatic heterocycles. The van der Waals surface area contributed by atoms with Crippen LogP contribution in [0.4, 0.5) is 0 Å². The molecule has 0 saturated carbocycles. The first-order valence-corrected chi connectivity index (χ1v) is 12.8. The van der Waals surface area contributed by atoms with Crippen LogP contribution in [0.15, 0.2) is 27.7 Å². The van der Waals surface area contributed by atoms with E-state index in [4.69, 9.17) is 4.74 Å². The third kappa shape index (κ3) is 4.16. The van der Waals surface area contributed by atoms with Crippen molar-refractivity contribution in [3.63, 3.8) is 0 Å². The van der Waals surface area contributed by atoms with Crippen LogP contribution in [-0.2, 0) is 27.3 Å². The van der Waals surface area contributed by atoms with Crippen LogP contribution in [0, 0.1) is 5.41 Å². The molecule has 0 aliphatic carbocycles. The molecule has 3 aliphatic rings. The van der Waals surface area contributed by atoms with E-state index in [9.17, 15) is 9.59 Å². The smallest absolute Gasteiger partial charge is 0.236 e. The Bertz CT molecular complexity index is 898. The topological polar surface area (TPSA) is 74.8 Å². The lowest BCUT2D eigenvalue weighted by molar-refractivity contribution is -0.138. The van der Waals surface area contributed by atoms with Gasteiger partial charge in [-0.05, 0) is 41.7 Å². The van der Waals surface area contributed by atoms with Crippen LogP contribution < -0.4 is 5.32 Å². The Morgan fingerprint density at radius 1 is 1.23 bits per heavy atom. The van der Waals surface area contributed by atoms with Crippen LogP contribution in [0.1, 0.15) is 30.5 Å². The lowest BCUT2D eigenvalue weighted by Gasteiger charge is -2.36. The molecule has 2 amide bonds. The Morgan fingerprint density at radius 3 is 2.84 bits per heavy atom. The Balaban J connectivity index is 1.34. The molecular weight excluding hydrogens is 432 g/mol. The number of thiophene rings is 1. The fourth-order valence-corrected chi connectivity index (χ4v) is 6.76. The predicted molar refractivity (Wildman–Crippen MR) is 120 cm³/mol. The fourth-order valence-electron chi connectivity index (χ4n) is 5.53. The number of carbonyl (C=O) groups excluding carboxylic acids is 2. The SMILES string of the molecule is O=C(CN1[C@@H]2CC[C@H]1[C@@](Cc1cscn1)(C(=O)NCc1ccsc1)C2)N1CCOCC1. The number of carbonyl (C=O) groups is 2. The maximum absolute atomic E-state index is 13.6. The first-order valence-electron chi connectivity index (χ1n) is 10.9. The molecule has 3 aliphatic heterocycles. The van der Waals surface area contributed by atoms with Gasteiger partial charge in [-0.15, -0.1) is 11.3 Å². The molecular formula is C22H28N4O3S2. The number of morpholine rings is 1. The van der Waals surface area contributed by atoms with E-state index >= 15 is 0 Å². The standard InChI is InChI=1S/C22H28N4O3S2/c27-20(25-4-6-29-7-5-25)12-26-18-1-2-19(26)22(10-18,9-17-14-31-15-24-17)21(28)23-11-16-3-8-30-13-16/h3,8,13-15,18-19H,1-2,4-7,9-12H2,(H,23,28)/t18-,19+,22+/m1/s1. The van der Waals surface area contributed by atoms with Crippen LogP contribution in [0.5, 0.6) is 0 Å². The second kappa shape index (κ2) is 8.97. The third-order valence-electron chi connectivity index (χ3n) is 7.03. The molecule has 7 nitrogen and oxygen atoms in total. The highest BCUT2D eigenvalue weighted by Gasteiger charge is 2.60. The van der Waals surface area contributed by atoms with Crippen LogP contribution >= 0.6 is 22.7 Å². The van der Waals surface area contributed by atoms with Crippen LogP contribution in [0.25, 0.3) is 0 Å². The Labute approximate surface area is 190 Å². The summed E-state index contributed by atoms with van der Waals surface area (Å²) in [4.78, 5) is 35.3. The van der Waals surface area contributed by atoms with E-state index < -0.39 is 5.41 Å². The van der Waals surface area contributed by atoms with Crippen molar-refractivity contribution in [3.05, 3.63) is 39.0 Å². The van der Waals surface area contributed by atoms with Crippen LogP contribution in [0.3, 0.4) is 0 Å². The van der Waals surface area contributed by atoms with Gasteiger partial charge >= 0.3 is 0 Å². The zero-order valence-corrected chi connectivity index (χ0v) is 19.1. The lowest BCUT2D eigenvalue weighted by Crippen LogP contribution is -2.52. The van der Waals surface area contributed by atoms with Crippen LogP contribution in [-0.4, -0.2) is 71.5 Å². The molecule has 9 heteroatoms. The molecule has 2 bridgehead atoms. The number of nitrogens with one attached hydrogen (secondary N) is 1. The normalized spacial score (nSPS) is 28.2. The number of aromatic nitrogens is 1. The monoisotopic (exact) mass is 460 g/mol. The summed E-state index contributed by atoms with van der Waals surface area (Å²) in [5, 5.41) is 9.35. The van der Waals surface area contributed by atoms with Gasteiger partial charge in [-0.1, -0.05) is 0 Å². The fraction of sp³-hybridized carbons (Fsp3) is 0.591. The highest BCUT2D eigenvalue weighted by molar-refractivity contribution is 7.08.